The Bertz CT molecular complexity index is 541. The summed E-state index contributed by atoms with van der Waals surface area (Å²) in [4.78, 5) is 34.3. The van der Waals surface area contributed by atoms with Crippen molar-refractivity contribution in [3.05, 3.63) is 28.3 Å². The SMILES string of the molecule is CNc1ccc([N+](=O)[O-])cc1N1CC(=O)CC1=O. The van der Waals surface area contributed by atoms with Crippen LogP contribution < -0.4 is 10.2 Å². The van der Waals surface area contributed by atoms with Gasteiger partial charge in [0.15, 0.2) is 5.78 Å². The van der Waals surface area contributed by atoms with E-state index in [9.17, 15) is 19.7 Å². The molecule has 1 aromatic carbocycles. The van der Waals surface area contributed by atoms with Gasteiger partial charge in [-0.1, -0.05) is 0 Å². The molecule has 0 aliphatic carbocycles. The molecule has 0 spiro atoms. The Balaban J connectivity index is 2.47. The molecule has 1 N–H and O–H groups in total. The molecule has 0 bridgehead atoms. The van der Waals surface area contributed by atoms with Gasteiger partial charge < -0.3 is 10.2 Å². The van der Waals surface area contributed by atoms with Crippen molar-refractivity contribution in [3.63, 3.8) is 0 Å². The third-order valence-corrected chi connectivity index (χ3v) is 2.74. The third kappa shape index (κ3) is 2.02. The standard InChI is InChI=1S/C11H11N3O4/c1-12-9-3-2-7(14(17)18)4-10(9)13-6-8(15)5-11(13)16/h2-4,12H,5-6H2,1H3. The number of benzene rings is 1. The molecule has 0 unspecified atom stereocenters. The summed E-state index contributed by atoms with van der Waals surface area (Å²) in [5.74, 6) is -0.523. The Morgan fingerprint density at radius 3 is 2.61 bits per heavy atom. The number of non-ortho nitro benzene ring substituents is 1. The largest absolute Gasteiger partial charge is 0.386 e. The zero-order valence-electron chi connectivity index (χ0n) is 9.67. The van der Waals surface area contributed by atoms with Crippen molar-refractivity contribution in [1.82, 2.24) is 0 Å². The van der Waals surface area contributed by atoms with Gasteiger partial charge in [0.2, 0.25) is 5.91 Å². The first kappa shape index (κ1) is 12.0. The predicted molar refractivity (Wildman–Crippen MR) is 64.6 cm³/mol. The summed E-state index contributed by atoms with van der Waals surface area (Å²) in [5, 5.41) is 13.6. The summed E-state index contributed by atoms with van der Waals surface area (Å²) in [6.45, 7) is -0.0331. The van der Waals surface area contributed by atoms with Crippen molar-refractivity contribution in [3.8, 4) is 0 Å². The van der Waals surface area contributed by atoms with E-state index in [0.29, 0.717) is 11.4 Å². The smallest absolute Gasteiger partial charge is 0.271 e. The molecule has 1 aliphatic heterocycles. The maximum Gasteiger partial charge on any atom is 0.271 e. The number of hydrogen-bond donors (Lipinski definition) is 1. The predicted octanol–water partition coefficient (Wildman–Crippen LogP) is 0.942. The first-order valence-electron chi connectivity index (χ1n) is 5.31. The van der Waals surface area contributed by atoms with Gasteiger partial charge in [0, 0.05) is 19.2 Å². The van der Waals surface area contributed by atoms with Gasteiger partial charge in [-0.05, 0) is 6.07 Å². The summed E-state index contributed by atoms with van der Waals surface area (Å²) in [6, 6.07) is 4.16. The normalized spacial score (nSPS) is 15.1. The van der Waals surface area contributed by atoms with E-state index >= 15 is 0 Å². The maximum atomic E-state index is 11.6. The fraction of sp³-hybridized carbons (Fsp3) is 0.273. The Labute approximate surface area is 103 Å². The van der Waals surface area contributed by atoms with Gasteiger partial charge in [-0.2, -0.15) is 0 Å². The van der Waals surface area contributed by atoms with Crippen LogP contribution in [0.4, 0.5) is 17.1 Å². The van der Waals surface area contributed by atoms with Gasteiger partial charge in [0.25, 0.3) is 5.69 Å². The van der Waals surface area contributed by atoms with Gasteiger partial charge >= 0.3 is 0 Å². The number of carbonyl (C=O) groups excluding carboxylic acids is 2. The maximum absolute atomic E-state index is 11.6. The van der Waals surface area contributed by atoms with E-state index in [2.05, 4.69) is 5.32 Å². The highest BCUT2D eigenvalue weighted by atomic mass is 16.6. The number of hydrogen-bond acceptors (Lipinski definition) is 5. The van der Waals surface area contributed by atoms with Crippen molar-refractivity contribution >= 4 is 28.8 Å². The van der Waals surface area contributed by atoms with E-state index in [0.717, 1.165) is 0 Å². The highest BCUT2D eigenvalue weighted by Gasteiger charge is 2.30. The van der Waals surface area contributed by atoms with Crippen LogP contribution in [0.3, 0.4) is 0 Å². The van der Waals surface area contributed by atoms with Crippen LogP contribution in [-0.4, -0.2) is 30.2 Å². The molecule has 7 heteroatoms. The Morgan fingerprint density at radius 2 is 2.11 bits per heavy atom. The number of anilines is 2. The fourth-order valence-corrected chi connectivity index (χ4v) is 1.87. The first-order valence-corrected chi connectivity index (χ1v) is 5.31. The molecular formula is C11H11N3O4. The van der Waals surface area contributed by atoms with Crippen LogP contribution in [0.25, 0.3) is 0 Å². The second kappa shape index (κ2) is 4.44. The van der Waals surface area contributed by atoms with Gasteiger partial charge in [-0.25, -0.2) is 0 Å². The van der Waals surface area contributed by atoms with Gasteiger partial charge in [0.1, 0.15) is 0 Å². The number of Topliss-reactive ketones (excluding diaryl/α,β-unsaturated/α-hetero) is 1. The minimum absolute atomic E-state index is 0.0331. The molecule has 1 heterocycles. The van der Waals surface area contributed by atoms with Crippen LogP contribution in [0.5, 0.6) is 0 Å². The molecule has 1 aliphatic rings. The lowest BCUT2D eigenvalue weighted by atomic mass is 10.2. The molecular weight excluding hydrogens is 238 g/mol. The van der Waals surface area contributed by atoms with E-state index in [4.69, 9.17) is 0 Å². The monoisotopic (exact) mass is 249 g/mol. The molecule has 0 atom stereocenters. The average molecular weight is 249 g/mol. The Hall–Kier alpha value is -2.44. The van der Waals surface area contributed by atoms with Crippen molar-refractivity contribution < 1.29 is 14.5 Å². The molecule has 1 amide bonds. The molecule has 0 aromatic heterocycles. The lowest BCUT2D eigenvalue weighted by Gasteiger charge is -2.18. The van der Waals surface area contributed by atoms with Crippen molar-refractivity contribution in [2.75, 3.05) is 23.8 Å². The second-order valence-corrected chi connectivity index (χ2v) is 3.90. The molecule has 94 valence electrons. The molecule has 1 fully saturated rings. The van der Waals surface area contributed by atoms with Crippen LogP contribution in [0.2, 0.25) is 0 Å². The molecule has 1 aromatic rings. The number of amides is 1. The van der Waals surface area contributed by atoms with Crippen LogP contribution in [-0.2, 0) is 9.59 Å². The van der Waals surface area contributed by atoms with E-state index in [-0.39, 0.29) is 30.3 Å². The average Bonchev–Trinajstić information content (AvgIpc) is 2.67. The van der Waals surface area contributed by atoms with Gasteiger partial charge in [-0.3, -0.25) is 19.7 Å². The van der Waals surface area contributed by atoms with Crippen molar-refractivity contribution in [1.29, 1.82) is 0 Å². The van der Waals surface area contributed by atoms with Crippen molar-refractivity contribution in [2.45, 2.75) is 6.42 Å². The number of nitro groups is 1. The quantitative estimate of drug-likeness (QED) is 0.489. The van der Waals surface area contributed by atoms with Crippen LogP contribution in [0.15, 0.2) is 18.2 Å². The summed E-state index contributed by atoms with van der Waals surface area (Å²) < 4.78 is 0. The first-order chi connectivity index (χ1) is 8.52. The molecule has 7 nitrogen and oxygen atoms in total. The van der Waals surface area contributed by atoms with Gasteiger partial charge in [0.05, 0.1) is 29.3 Å². The van der Waals surface area contributed by atoms with E-state index < -0.39 is 4.92 Å². The zero-order valence-corrected chi connectivity index (χ0v) is 9.67. The highest BCUT2D eigenvalue weighted by Crippen LogP contribution is 2.32. The molecule has 0 saturated carbocycles. The number of ketones is 1. The lowest BCUT2D eigenvalue weighted by molar-refractivity contribution is -0.384. The molecule has 2 rings (SSSR count). The van der Waals surface area contributed by atoms with Crippen LogP contribution in [0, 0.1) is 10.1 Å². The second-order valence-electron chi connectivity index (χ2n) is 3.90. The Kier molecular flexibility index (Phi) is 2.97. The number of nitrogens with zero attached hydrogens (tertiary/aromatic N) is 2. The summed E-state index contributed by atoms with van der Waals surface area (Å²) in [6.07, 6.45) is -0.147. The fourth-order valence-electron chi connectivity index (χ4n) is 1.87. The third-order valence-electron chi connectivity index (χ3n) is 2.74. The highest BCUT2D eigenvalue weighted by molar-refractivity contribution is 6.16. The van der Waals surface area contributed by atoms with Crippen LogP contribution in [0.1, 0.15) is 6.42 Å². The summed E-state index contributed by atoms with van der Waals surface area (Å²) in [5.41, 5.74) is 0.822. The molecule has 18 heavy (non-hydrogen) atoms. The van der Waals surface area contributed by atoms with E-state index in [1.165, 1.54) is 23.1 Å². The van der Waals surface area contributed by atoms with Crippen molar-refractivity contribution in [2.24, 2.45) is 0 Å². The molecule has 0 radical (unpaired) electrons. The topological polar surface area (TPSA) is 92.6 Å². The Morgan fingerprint density at radius 1 is 1.39 bits per heavy atom. The van der Waals surface area contributed by atoms with Crippen LogP contribution >= 0.6 is 0 Å². The summed E-state index contributed by atoms with van der Waals surface area (Å²) >= 11 is 0. The van der Waals surface area contributed by atoms with E-state index in [1.807, 2.05) is 0 Å². The number of nitrogens with one attached hydrogen (secondary N) is 1. The number of nitro benzene ring substituents is 1. The lowest BCUT2D eigenvalue weighted by Crippen LogP contribution is -2.25. The zero-order chi connectivity index (χ0) is 13.3. The van der Waals surface area contributed by atoms with Gasteiger partial charge in [-0.15, -0.1) is 0 Å². The minimum atomic E-state index is -0.536. The minimum Gasteiger partial charge on any atom is -0.386 e. The number of rotatable bonds is 3. The number of carbonyl (C=O) groups is 2. The summed E-state index contributed by atoms with van der Waals surface area (Å²) in [7, 11) is 1.65. The molecule has 1 saturated heterocycles. The van der Waals surface area contributed by atoms with E-state index in [1.54, 1.807) is 7.05 Å².